The average molecular weight is 688 g/mol. The summed E-state index contributed by atoms with van der Waals surface area (Å²) in [5.74, 6) is 1.94. The van der Waals surface area contributed by atoms with Crippen molar-refractivity contribution in [2.45, 2.75) is 0 Å². The van der Waals surface area contributed by atoms with Gasteiger partial charge in [0.2, 0.25) is 0 Å². The van der Waals surface area contributed by atoms with E-state index in [0.717, 1.165) is 22.4 Å². The van der Waals surface area contributed by atoms with Gasteiger partial charge >= 0.3 is 0 Å². The molecular weight excluding hydrogens is 659 g/mol. The van der Waals surface area contributed by atoms with E-state index >= 15 is 0 Å². The second kappa shape index (κ2) is 11.1. The van der Waals surface area contributed by atoms with Crippen LogP contribution in [0.15, 0.2) is 176 Å². The zero-order valence-electron chi connectivity index (χ0n) is 29.0. The van der Waals surface area contributed by atoms with E-state index in [1.165, 1.54) is 71.2 Å². The minimum absolute atomic E-state index is 0.637. The number of hydrogen-bond acceptors (Lipinski definition) is 3. The van der Waals surface area contributed by atoms with E-state index in [-0.39, 0.29) is 0 Å². The maximum Gasteiger partial charge on any atom is 0.164 e. The highest BCUT2D eigenvalue weighted by Gasteiger charge is 2.27. The molecule has 0 aliphatic heterocycles. The molecule has 5 nitrogen and oxygen atoms in total. The molecule has 0 amide bonds. The van der Waals surface area contributed by atoms with Crippen LogP contribution < -0.4 is 0 Å². The van der Waals surface area contributed by atoms with Gasteiger partial charge in [-0.1, -0.05) is 127 Å². The molecule has 3 heterocycles. The summed E-state index contributed by atoms with van der Waals surface area (Å²) >= 11 is 0. The first-order valence-corrected chi connectivity index (χ1v) is 18.3. The van der Waals surface area contributed by atoms with Crippen molar-refractivity contribution in [3.05, 3.63) is 176 Å². The summed E-state index contributed by atoms with van der Waals surface area (Å²) < 4.78 is 4.85. The molecule has 0 bridgehead atoms. The first-order valence-electron chi connectivity index (χ1n) is 18.3. The fourth-order valence-corrected chi connectivity index (χ4v) is 8.82. The minimum atomic E-state index is 0.637. The highest BCUT2D eigenvalue weighted by Crippen LogP contribution is 2.51. The Morgan fingerprint density at radius 1 is 0.296 bits per heavy atom. The highest BCUT2D eigenvalue weighted by atomic mass is 15.0. The zero-order chi connectivity index (χ0) is 35.3. The predicted octanol–water partition coefficient (Wildman–Crippen LogP) is 12.2. The Morgan fingerprint density at radius 3 is 1.28 bits per heavy atom. The van der Waals surface area contributed by atoms with Gasteiger partial charge in [0.25, 0.3) is 0 Å². The Balaban J connectivity index is 1.14. The van der Waals surface area contributed by atoms with E-state index in [1.807, 2.05) is 60.7 Å². The summed E-state index contributed by atoms with van der Waals surface area (Å²) in [6.07, 6.45) is 0. The van der Waals surface area contributed by atoms with E-state index in [2.05, 4.69) is 124 Å². The highest BCUT2D eigenvalue weighted by molar-refractivity contribution is 6.38. The fourth-order valence-electron chi connectivity index (χ4n) is 8.82. The molecule has 0 fully saturated rings. The molecule has 1 aliphatic rings. The predicted molar refractivity (Wildman–Crippen MR) is 221 cm³/mol. The lowest BCUT2D eigenvalue weighted by atomic mass is 9.98. The molecule has 0 atom stereocenters. The maximum atomic E-state index is 5.06. The Labute approximate surface area is 310 Å². The lowest BCUT2D eigenvalue weighted by molar-refractivity contribution is 1.07. The summed E-state index contributed by atoms with van der Waals surface area (Å²) in [6, 6.07) is 62.4. The molecule has 3 aromatic heterocycles. The summed E-state index contributed by atoms with van der Waals surface area (Å²) in [7, 11) is 0. The van der Waals surface area contributed by atoms with Crippen LogP contribution in [-0.2, 0) is 0 Å². The van der Waals surface area contributed by atoms with Crippen molar-refractivity contribution in [2.24, 2.45) is 0 Å². The van der Waals surface area contributed by atoms with Crippen molar-refractivity contribution in [1.82, 2.24) is 24.1 Å². The molecule has 11 aromatic rings. The lowest BCUT2D eigenvalue weighted by Gasteiger charge is -2.12. The van der Waals surface area contributed by atoms with Gasteiger partial charge in [-0.2, -0.15) is 0 Å². The molecule has 0 radical (unpaired) electrons. The van der Waals surface area contributed by atoms with Gasteiger partial charge in [0.1, 0.15) is 0 Å². The number of nitrogens with zero attached hydrogens (tertiary/aromatic N) is 5. The third-order valence-electron chi connectivity index (χ3n) is 11.1. The monoisotopic (exact) mass is 687 g/mol. The third kappa shape index (κ3) is 4.06. The average Bonchev–Trinajstić information content (AvgIpc) is 3.73. The van der Waals surface area contributed by atoms with Crippen LogP contribution in [0.4, 0.5) is 0 Å². The molecule has 5 heteroatoms. The van der Waals surface area contributed by atoms with Gasteiger partial charge < -0.3 is 9.13 Å². The van der Waals surface area contributed by atoms with Gasteiger partial charge in [0, 0.05) is 55.0 Å². The number of fused-ring (bicyclic) bond motifs is 1. The van der Waals surface area contributed by atoms with Crippen LogP contribution in [0.5, 0.6) is 0 Å². The molecular formula is C49H29N5. The standard InChI is InChI=1S/C49H29N5/c1-4-13-31(14-5-1)47-50-48(32-15-6-2-7-16-32)52-49(51-47)33-17-10-20-35(29-33)54-39-24-12-22-37-36-21-11-23-38-43(36)45-40(53(38)34-18-8-3-9-19-34)27-25-30-26-28-41(54)46(42(30)45)44(37)39/h1-29H. The van der Waals surface area contributed by atoms with E-state index in [9.17, 15) is 0 Å². The van der Waals surface area contributed by atoms with Crippen LogP contribution >= 0.6 is 0 Å². The topological polar surface area (TPSA) is 48.5 Å². The number of rotatable bonds is 5. The molecule has 0 unspecified atom stereocenters. The van der Waals surface area contributed by atoms with Crippen molar-refractivity contribution in [3.63, 3.8) is 0 Å². The van der Waals surface area contributed by atoms with Gasteiger partial charge in [-0.3, -0.25) is 0 Å². The Morgan fingerprint density at radius 2 is 0.722 bits per heavy atom. The number of para-hydroxylation sites is 1. The van der Waals surface area contributed by atoms with Crippen molar-refractivity contribution in [3.8, 4) is 56.7 Å². The van der Waals surface area contributed by atoms with Gasteiger partial charge in [0.15, 0.2) is 17.5 Å². The second-order valence-electron chi connectivity index (χ2n) is 14.0. The van der Waals surface area contributed by atoms with E-state index in [1.54, 1.807) is 0 Å². The number of aromatic nitrogens is 5. The largest absolute Gasteiger partial charge is 0.309 e. The Hall–Kier alpha value is -7.37. The maximum absolute atomic E-state index is 5.06. The molecule has 12 rings (SSSR count). The molecule has 250 valence electrons. The summed E-state index contributed by atoms with van der Waals surface area (Å²) in [4.78, 5) is 15.0. The SMILES string of the molecule is c1ccc(-c2nc(-c3ccccc3)nc(-c3cccc(-n4c5cccc6c5c5c7c(ccc8c7c7c-6cccc7n8-c6ccccc6)ccc54)c3)n2)cc1. The molecule has 0 saturated carbocycles. The molecule has 0 spiro atoms. The molecule has 8 aromatic carbocycles. The fraction of sp³-hybridized carbons (Fsp3) is 0. The van der Waals surface area contributed by atoms with Crippen molar-refractivity contribution in [1.29, 1.82) is 0 Å². The van der Waals surface area contributed by atoms with Crippen LogP contribution in [0.2, 0.25) is 0 Å². The van der Waals surface area contributed by atoms with E-state index < -0.39 is 0 Å². The Kier molecular flexibility index (Phi) is 5.99. The van der Waals surface area contributed by atoms with Crippen LogP contribution in [0.1, 0.15) is 0 Å². The zero-order valence-corrected chi connectivity index (χ0v) is 29.0. The molecule has 0 saturated heterocycles. The van der Waals surface area contributed by atoms with Gasteiger partial charge in [0.05, 0.1) is 22.1 Å². The molecule has 1 aliphatic carbocycles. The van der Waals surface area contributed by atoms with Crippen LogP contribution in [-0.4, -0.2) is 24.1 Å². The van der Waals surface area contributed by atoms with Gasteiger partial charge in [-0.15, -0.1) is 0 Å². The van der Waals surface area contributed by atoms with Crippen molar-refractivity contribution >= 4 is 54.4 Å². The smallest absolute Gasteiger partial charge is 0.164 e. The van der Waals surface area contributed by atoms with E-state index in [4.69, 9.17) is 15.0 Å². The lowest BCUT2D eigenvalue weighted by Crippen LogP contribution is -2.01. The molecule has 0 N–H and O–H groups in total. The summed E-state index contributed by atoms with van der Waals surface area (Å²) in [6.45, 7) is 0. The first kappa shape index (κ1) is 29.2. The normalized spacial score (nSPS) is 12.1. The second-order valence-corrected chi connectivity index (χ2v) is 14.0. The number of benzene rings is 8. The number of hydrogen-bond donors (Lipinski definition) is 0. The van der Waals surface area contributed by atoms with Gasteiger partial charge in [-0.05, 0) is 65.0 Å². The van der Waals surface area contributed by atoms with Crippen LogP contribution in [0.3, 0.4) is 0 Å². The van der Waals surface area contributed by atoms with E-state index in [0.29, 0.717) is 17.5 Å². The quantitative estimate of drug-likeness (QED) is 0.181. The van der Waals surface area contributed by atoms with Crippen LogP contribution in [0.25, 0.3) is 111 Å². The van der Waals surface area contributed by atoms with Crippen LogP contribution in [0, 0.1) is 0 Å². The first-order chi connectivity index (χ1) is 26.8. The third-order valence-corrected chi connectivity index (χ3v) is 11.1. The van der Waals surface area contributed by atoms with Crippen molar-refractivity contribution in [2.75, 3.05) is 0 Å². The van der Waals surface area contributed by atoms with Gasteiger partial charge in [-0.25, -0.2) is 15.0 Å². The minimum Gasteiger partial charge on any atom is -0.309 e. The van der Waals surface area contributed by atoms with Crippen molar-refractivity contribution < 1.29 is 0 Å². The Bertz CT molecular complexity index is 3250. The summed E-state index contributed by atoms with van der Waals surface area (Å²) in [5.41, 5.74) is 12.4. The molecule has 54 heavy (non-hydrogen) atoms. The summed E-state index contributed by atoms with van der Waals surface area (Å²) in [5, 5.41) is 7.74.